The van der Waals surface area contributed by atoms with E-state index >= 15 is 0 Å². The summed E-state index contributed by atoms with van der Waals surface area (Å²) in [6, 6.07) is 8.48. The number of aromatic nitrogens is 1. The van der Waals surface area contributed by atoms with Gasteiger partial charge >= 0.3 is 0 Å². The Balaban J connectivity index is 2.23. The monoisotopic (exact) mass is 290 g/mol. The first-order chi connectivity index (χ1) is 9.58. The SMILES string of the molecule is CC(C)Oc1ncccc1NC(c1cccs1)C(C)C. The Bertz CT molecular complexity index is 523. The van der Waals surface area contributed by atoms with Crippen LogP contribution in [0.25, 0.3) is 0 Å². The molecule has 0 aliphatic rings. The predicted octanol–water partition coefficient (Wildman–Crippen LogP) is 4.74. The zero-order chi connectivity index (χ0) is 14.5. The van der Waals surface area contributed by atoms with E-state index in [1.807, 2.05) is 26.0 Å². The molecule has 1 N–H and O–H groups in total. The standard InChI is InChI=1S/C16H22N2OS/c1-11(2)15(14-8-6-10-20-14)18-13-7-5-9-17-16(13)19-12(3)4/h5-12,15,18H,1-4H3. The van der Waals surface area contributed by atoms with Gasteiger partial charge in [0.05, 0.1) is 17.8 Å². The molecule has 1 unspecified atom stereocenters. The van der Waals surface area contributed by atoms with Crippen LogP contribution in [0.5, 0.6) is 5.88 Å². The van der Waals surface area contributed by atoms with Gasteiger partial charge in [-0.3, -0.25) is 0 Å². The fourth-order valence-electron chi connectivity index (χ4n) is 2.02. The van der Waals surface area contributed by atoms with Gasteiger partial charge in [-0.05, 0) is 43.3 Å². The number of anilines is 1. The van der Waals surface area contributed by atoms with E-state index < -0.39 is 0 Å². The van der Waals surface area contributed by atoms with E-state index in [2.05, 4.69) is 41.7 Å². The molecular formula is C16H22N2OS. The van der Waals surface area contributed by atoms with E-state index in [4.69, 9.17) is 4.74 Å². The molecular weight excluding hydrogens is 268 g/mol. The van der Waals surface area contributed by atoms with Crippen LogP contribution in [0.4, 0.5) is 5.69 Å². The molecule has 2 aromatic rings. The average Bonchev–Trinajstić information content (AvgIpc) is 2.90. The van der Waals surface area contributed by atoms with E-state index in [1.54, 1.807) is 17.5 Å². The van der Waals surface area contributed by atoms with Crippen molar-refractivity contribution in [2.45, 2.75) is 39.8 Å². The van der Waals surface area contributed by atoms with E-state index in [-0.39, 0.29) is 12.1 Å². The molecule has 0 fully saturated rings. The van der Waals surface area contributed by atoms with Crippen molar-refractivity contribution < 1.29 is 4.74 Å². The normalized spacial score (nSPS) is 12.7. The molecule has 20 heavy (non-hydrogen) atoms. The lowest BCUT2D eigenvalue weighted by molar-refractivity contribution is 0.233. The smallest absolute Gasteiger partial charge is 0.237 e. The summed E-state index contributed by atoms with van der Waals surface area (Å²) in [6.07, 6.45) is 1.88. The number of nitrogens with zero attached hydrogens (tertiary/aromatic N) is 1. The van der Waals surface area contributed by atoms with E-state index in [0.717, 1.165) is 5.69 Å². The van der Waals surface area contributed by atoms with Gasteiger partial charge in [0.1, 0.15) is 0 Å². The lowest BCUT2D eigenvalue weighted by Gasteiger charge is -2.24. The summed E-state index contributed by atoms with van der Waals surface area (Å²) < 4.78 is 5.77. The van der Waals surface area contributed by atoms with Gasteiger partial charge in [-0.15, -0.1) is 11.3 Å². The molecule has 2 aromatic heterocycles. The maximum atomic E-state index is 5.77. The van der Waals surface area contributed by atoms with Crippen molar-refractivity contribution in [1.82, 2.24) is 4.98 Å². The van der Waals surface area contributed by atoms with Crippen molar-refractivity contribution in [2.75, 3.05) is 5.32 Å². The van der Waals surface area contributed by atoms with Gasteiger partial charge in [0.25, 0.3) is 0 Å². The minimum atomic E-state index is 0.115. The van der Waals surface area contributed by atoms with Crippen LogP contribution in [-0.2, 0) is 0 Å². The Morgan fingerprint density at radius 3 is 2.55 bits per heavy atom. The number of rotatable bonds is 6. The third-order valence-corrected chi connectivity index (χ3v) is 3.90. The Hall–Kier alpha value is -1.55. The fraction of sp³-hybridized carbons (Fsp3) is 0.438. The summed E-state index contributed by atoms with van der Waals surface area (Å²) in [4.78, 5) is 5.66. The summed E-state index contributed by atoms with van der Waals surface area (Å²) in [7, 11) is 0. The van der Waals surface area contributed by atoms with Crippen LogP contribution in [0.15, 0.2) is 35.8 Å². The summed E-state index contributed by atoms with van der Waals surface area (Å²) in [6.45, 7) is 8.46. The lowest BCUT2D eigenvalue weighted by atomic mass is 10.0. The molecule has 1 atom stereocenters. The molecule has 108 valence electrons. The molecule has 3 nitrogen and oxygen atoms in total. The topological polar surface area (TPSA) is 34.1 Å². The molecule has 2 rings (SSSR count). The van der Waals surface area contributed by atoms with Gasteiger partial charge in [-0.1, -0.05) is 19.9 Å². The van der Waals surface area contributed by atoms with E-state index in [0.29, 0.717) is 11.8 Å². The first-order valence-electron chi connectivity index (χ1n) is 6.99. The number of nitrogens with one attached hydrogen (secondary N) is 1. The van der Waals surface area contributed by atoms with Crippen molar-refractivity contribution in [2.24, 2.45) is 5.92 Å². The van der Waals surface area contributed by atoms with Gasteiger partial charge in [-0.2, -0.15) is 0 Å². The van der Waals surface area contributed by atoms with Crippen LogP contribution in [-0.4, -0.2) is 11.1 Å². The largest absolute Gasteiger partial charge is 0.473 e. The Kier molecular flexibility index (Phi) is 5.01. The number of hydrogen-bond donors (Lipinski definition) is 1. The molecule has 0 saturated heterocycles. The molecule has 0 aromatic carbocycles. The first-order valence-corrected chi connectivity index (χ1v) is 7.87. The highest BCUT2D eigenvalue weighted by atomic mass is 32.1. The molecule has 0 aliphatic heterocycles. The second-order valence-electron chi connectivity index (χ2n) is 5.40. The molecule has 2 heterocycles. The lowest BCUT2D eigenvalue weighted by Crippen LogP contribution is -2.17. The average molecular weight is 290 g/mol. The maximum Gasteiger partial charge on any atom is 0.237 e. The van der Waals surface area contributed by atoms with Crippen molar-refractivity contribution >= 4 is 17.0 Å². The highest BCUT2D eigenvalue weighted by Crippen LogP contribution is 2.32. The van der Waals surface area contributed by atoms with Gasteiger partial charge < -0.3 is 10.1 Å². The van der Waals surface area contributed by atoms with Gasteiger partial charge in [0.15, 0.2) is 0 Å². The fourth-order valence-corrected chi connectivity index (χ4v) is 2.97. The minimum absolute atomic E-state index is 0.115. The van der Waals surface area contributed by atoms with Crippen LogP contribution >= 0.6 is 11.3 Å². The van der Waals surface area contributed by atoms with Crippen molar-refractivity contribution in [3.8, 4) is 5.88 Å². The highest BCUT2D eigenvalue weighted by Gasteiger charge is 2.19. The second kappa shape index (κ2) is 6.75. The Morgan fingerprint density at radius 1 is 1.15 bits per heavy atom. The first kappa shape index (κ1) is 14.9. The number of thiophene rings is 1. The van der Waals surface area contributed by atoms with E-state index in [1.165, 1.54) is 4.88 Å². The molecule has 0 bridgehead atoms. The summed E-state index contributed by atoms with van der Waals surface area (Å²) >= 11 is 1.77. The molecule has 0 saturated carbocycles. The van der Waals surface area contributed by atoms with Gasteiger partial charge in [0, 0.05) is 11.1 Å². The number of ether oxygens (including phenoxy) is 1. The Morgan fingerprint density at radius 2 is 1.95 bits per heavy atom. The van der Waals surface area contributed by atoms with Crippen LogP contribution in [0, 0.1) is 5.92 Å². The van der Waals surface area contributed by atoms with Crippen molar-refractivity contribution in [3.05, 3.63) is 40.7 Å². The Labute approximate surface area is 125 Å². The van der Waals surface area contributed by atoms with Crippen LogP contribution in [0.3, 0.4) is 0 Å². The third-order valence-electron chi connectivity index (χ3n) is 2.95. The van der Waals surface area contributed by atoms with Gasteiger partial charge in [-0.25, -0.2) is 4.98 Å². The highest BCUT2D eigenvalue weighted by molar-refractivity contribution is 7.10. The third kappa shape index (κ3) is 3.73. The molecule has 4 heteroatoms. The van der Waals surface area contributed by atoms with Crippen LogP contribution in [0.2, 0.25) is 0 Å². The molecule has 0 aliphatic carbocycles. The number of hydrogen-bond acceptors (Lipinski definition) is 4. The summed E-state index contributed by atoms with van der Waals surface area (Å²) in [5.41, 5.74) is 0.952. The quantitative estimate of drug-likeness (QED) is 0.834. The molecule has 0 amide bonds. The predicted molar refractivity (Wildman–Crippen MR) is 85.5 cm³/mol. The van der Waals surface area contributed by atoms with Crippen LogP contribution in [0.1, 0.15) is 38.6 Å². The summed E-state index contributed by atoms with van der Waals surface area (Å²) in [5.74, 6) is 1.16. The minimum Gasteiger partial charge on any atom is -0.473 e. The maximum absolute atomic E-state index is 5.77. The molecule has 0 spiro atoms. The zero-order valence-electron chi connectivity index (χ0n) is 12.5. The van der Waals surface area contributed by atoms with E-state index in [9.17, 15) is 0 Å². The summed E-state index contributed by atoms with van der Waals surface area (Å²) in [5, 5.41) is 5.69. The van der Waals surface area contributed by atoms with Gasteiger partial charge in [0.2, 0.25) is 5.88 Å². The zero-order valence-corrected chi connectivity index (χ0v) is 13.3. The van der Waals surface area contributed by atoms with Crippen LogP contribution < -0.4 is 10.1 Å². The molecule has 0 radical (unpaired) electrons. The van der Waals surface area contributed by atoms with Crippen molar-refractivity contribution in [1.29, 1.82) is 0 Å². The van der Waals surface area contributed by atoms with Crippen molar-refractivity contribution in [3.63, 3.8) is 0 Å². The number of pyridine rings is 1. The second-order valence-corrected chi connectivity index (χ2v) is 6.38.